The minimum absolute atomic E-state index is 0.0253. The summed E-state index contributed by atoms with van der Waals surface area (Å²) in [6.07, 6.45) is -4.09. The van der Waals surface area contributed by atoms with Gasteiger partial charge in [-0.05, 0) is 0 Å². The standard InChI is InChI=1S/C7H12F3NO/c1-12-4-5-2-11-3-6(5)7(8,9)10/h5-6,11H,2-4H2,1H3. The maximum atomic E-state index is 12.2. The molecule has 1 aliphatic rings. The van der Waals surface area contributed by atoms with E-state index in [1.165, 1.54) is 7.11 Å². The number of alkyl halides is 3. The van der Waals surface area contributed by atoms with Crippen molar-refractivity contribution in [3.63, 3.8) is 0 Å². The van der Waals surface area contributed by atoms with Crippen LogP contribution in [-0.2, 0) is 4.74 Å². The van der Waals surface area contributed by atoms with Gasteiger partial charge in [0.05, 0.1) is 12.5 Å². The van der Waals surface area contributed by atoms with Crippen molar-refractivity contribution in [2.45, 2.75) is 6.18 Å². The topological polar surface area (TPSA) is 21.3 Å². The molecule has 2 unspecified atom stereocenters. The zero-order valence-corrected chi connectivity index (χ0v) is 6.82. The van der Waals surface area contributed by atoms with Crippen molar-refractivity contribution < 1.29 is 17.9 Å². The van der Waals surface area contributed by atoms with Crippen LogP contribution >= 0.6 is 0 Å². The molecule has 1 aliphatic heterocycles. The molecule has 0 aromatic rings. The van der Waals surface area contributed by atoms with Crippen molar-refractivity contribution in [3.8, 4) is 0 Å². The van der Waals surface area contributed by atoms with Gasteiger partial charge in [-0.2, -0.15) is 13.2 Å². The van der Waals surface area contributed by atoms with Crippen molar-refractivity contribution in [1.29, 1.82) is 0 Å². The monoisotopic (exact) mass is 183 g/mol. The summed E-state index contributed by atoms with van der Waals surface area (Å²) in [7, 11) is 1.42. The van der Waals surface area contributed by atoms with Crippen molar-refractivity contribution in [3.05, 3.63) is 0 Å². The zero-order valence-electron chi connectivity index (χ0n) is 6.82. The fourth-order valence-corrected chi connectivity index (χ4v) is 1.51. The molecular formula is C7H12F3NO. The van der Waals surface area contributed by atoms with Gasteiger partial charge in [-0.25, -0.2) is 0 Å². The average molecular weight is 183 g/mol. The van der Waals surface area contributed by atoms with Crippen LogP contribution < -0.4 is 5.32 Å². The minimum Gasteiger partial charge on any atom is -0.384 e. The smallest absolute Gasteiger partial charge is 0.384 e. The molecule has 1 N–H and O–H groups in total. The highest BCUT2D eigenvalue weighted by Crippen LogP contribution is 2.34. The van der Waals surface area contributed by atoms with Crippen molar-refractivity contribution in [1.82, 2.24) is 5.32 Å². The molecule has 0 saturated carbocycles. The first-order valence-electron chi connectivity index (χ1n) is 3.82. The number of ether oxygens (including phenoxy) is 1. The number of halogens is 3. The SMILES string of the molecule is COCC1CNCC1C(F)(F)F. The van der Waals surface area contributed by atoms with Gasteiger partial charge in [0.15, 0.2) is 0 Å². The molecule has 1 rings (SSSR count). The highest BCUT2D eigenvalue weighted by Gasteiger charge is 2.46. The molecule has 5 heteroatoms. The van der Waals surface area contributed by atoms with Crippen molar-refractivity contribution >= 4 is 0 Å². The van der Waals surface area contributed by atoms with E-state index in [1.54, 1.807) is 0 Å². The second kappa shape index (κ2) is 3.62. The van der Waals surface area contributed by atoms with Crippen LogP contribution in [0.4, 0.5) is 13.2 Å². The van der Waals surface area contributed by atoms with Crippen LogP contribution in [0.2, 0.25) is 0 Å². The lowest BCUT2D eigenvalue weighted by Gasteiger charge is -2.20. The Morgan fingerprint density at radius 2 is 2.08 bits per heavy atom. The van der Waals surface area contributed by atoms with Gasteiger partial charge in [-0.15, -0.1) is 0 Å². The van der Waals surface area contributed by atoms with E-state index in [2.05, 4.69) is 5.32 Å². The molecule has 0 radical (unpaired) electrons. The number of hydrogen-bond donors (Lipinski definition) is 1. The van der Waals surface area contributed by atoms with E-state index >= 15 is 0 Å². The summed E-state index contributed by atoms with van der Waals surface area (Å²) in [4.78, 5) is 0. The maximum Gasteiger partial charge on any atom is 0.393 e. The van der Waals surface area contributed by atoms with E-state index in [0.717, 1.165) is 0 Å². The summed E-state index contributed by atoms with van der Waals surface area (Å²) in [6.45, 7) is 0.604. The molecular weight excluding hydrogens is 171 g/mol. The Labute approximate surface area is 69.1 Å². The van der Waals surface area contributed by atoms with Crippen LogP contribution in [-0.4, -0.2) is 33.0 Å². The third-order valence-corrected chi connectivity index (χ3v) is 2.14. The molecule has 0 aromatic carbocycles. The summed E-state index contributed by atoms with van der Waals surface area (Å²) in [5, 5.41) is 2.71. The van der Waals surface area contributed by atoms with Gasteiger partial charge >= 0.3 is 6.18 Å². The Bertz CT molecular complexity index is 148. The number of methoxy groups -OCH3 is 1. The molecule has 0 bridgehead atoms. The molecule has 1 saturated heterocycles. The Balaban J connectivity index is 2.52. The van der Waals surface area contributed by atoms with Crippen LogP contribution in [0.3, 0.4) is 0 Å². The fourth-order valence-electron chi connectivity index (χ4n) is 1.51. The molecule has 1 heterocycles. The number of nitrogens with one attached hydrogen (secondary N) is 1. The molecule has 12 heavy (non-hydrogen) atoms. The van der Waals surface area contributed by atoms with Crippen molar-refractivity contribution in [2.24, 2.45) is 11.8 Å². The lowest BCUT2D eigenvalue weighted by Crippen LogP contribution is -2.31. The number of rotatable bonds is 2. The Hall–Kier alpha value is -0.290. The predicted octanol–water partition coefficient (Wildman–Crippen LogP) is 1.03. The first kappa shape index (κ1) is 9.80. The Morgan fingerprint density at radius 3 is 2.58 bits per heavy atom. The second-order valence-electron chi connectivity index (χ2n) is 3.02. The number of hydrogen-bond acceptors (Lipinski definition) is 2. The van der Waals surface area contributed by atoms with Gasteiger partial charge in [0.2, 0.25) is 0 Å². The molecule has 2 atom stereocenters. The summed E-state index contributed by atoms with van der Waals surface area (Å²) in [5.41, 5.74) is 0. The summed E-state index contributed by atoms with van der Waals surface area (Å²) >= 11 is 0. The van der Waals surface area contributed by atoms with E-state index < -0.39 is 18.0 Å². The molecule has 1 fully saturated rings. The quantitative estimate of drug-likeness (QED) is 0.690. The van der Waals surface area contributed by atoms with Gasteiger partial charge in [0, 0.05) is 26.1 Å². The summed E-state index contributed by atoms with van der Waals surface area (Å²) < 4.78 is 41.4. The maximum absolute atomic E-state index is 12.2. The van der Waals surface area contributed by atoms with Crippen LogP contribution in [0.25, 0.3) is 0 Å². The minimum atomic E-state index is -4.09. The normalized spacial score (nSPS) is 31.0. The molecule has 2 nitrogen and oxygen atoms in total. The zero-order chi connectivity index (χ0) is 9.19. The Kier molecular flexibility index (Phi) is 2.95. The first-order valence-corrected chi connectivity index (χ1v) is 3.82. The van der Waals surface area contributed by atoms with E-state index in [9.17, 15) is 13.2 Å². The highest BCUT2D eigenvalue weighted by atomic mass is 19.4. The van der Waals surface area contributed by atoms with Crippen LogP contribution in [0.1, 0.15) is 0 Å². The van der Waals surface area contributed by atoms with Crippen LogP contribution in [0.15, 0.2) is 0 Å². The van der Waals surface area contributed by atoms with Gasteiger partial charge < -0.3 is 10.1 Å². The molecule has 0 aromatic heterocycles. The third-order valence-electron chi connectivity index (χ3n) is 2.14. The predicted molar refractivity (Wildman–Crippen MR) is 37.8 cm³/mol. The Morgan fingerprint density at radius 1 is 1.42 bits per heavy atom. The molecule has 0 aliphatic carbocycles. The second-order valence-corrected chi connectivity index (χ2v) is 3.02. The molecule has 72 valence electrons. The first-order chi connectivity index (χ1) is 5.55. The van der Waals surface area contributed by atoms with Crippen LogP contribution in [0, 0.1) is 11.8 Å². The third kappa shape index (κ3) is 2.10. The van der Waals surface area contributed by atoms with Gasteiger partial charge in [0.1, 0.15) is 0 Å². The van der Waals surface area contributed by atoms with E-state index in [1.807, 2.05) is 0 Å². The largest absolute Gasteiger partial charge is 0.393 e. The summed E-state index contributed by atoms with van der Waals surface area (Å²) in [6, 6.07) is 0. The van der Waals surface area contributed by atoms with Crippen LogP contribution in [0.5, 0.6) is 0 Å². The van der Waals surface area contributed by atoms with Gasteiger partial charge in [-0.3, -0.25) is 0 Å². The van der Waals surface area contributed by atoms with Gasteiger partial charge in [-0.1, -0.05) is 0 Å². The van der Waals surface area contributed by atoms with E-state index in [-0.39, 0.29) is 13.2 Å². The summed E-state index contributed by atoms with van der Waals surface area (Å²) in [5.74, 6) is -1.66. The van der Waals surface area contributed by atoms with Gasteiger partial charge in [0.25, 0.3) is 0 Å². The van der Waals surface area contributed by atoms with E-state index in [4.69, 9.17) is 4.74 Å². The fraction of sp³-hybridized carbons (Fsp3) is 1.00. The van der Waals surface area contributed by atoms with E-state index in [0.29, 0.717) is 6.54 Å². The average Bonchev–Trinajstić information content (AvgIpc) is 2.34. The van der Waals surface area contributed by atoms with Crippen molar-refractivity contribution in [2.75, 3.05) is 26.8 Å². The highest BCUT2D eigenvalue weighted by molar-refractivity contribution is 4.85. The molecule has 0 amide bonds. The lowest BCUT2D eigenvalue weighted by atomic mass is 9.96. The lowest BCUT2D eigenvalue weighted by molar-refractivity contribution is -0.182. The molecule has 0 spiro atoms.